The van der Waals surface area contributed by atoms with Gasteiger partial charge in [-0.2, -0.15) is 0 Å². The predicted octanol–water partition coefficient (Wildman–Crippen LogP) is 2.82. The molecule has 0 bridgehead atoms. The van der Waals surface area contributed by atoms with Crippen molar-refractivity contribution in [3.63, 3.8) is 0 Å². The zero-order valence-electron chi connectivity index (χ0n) is 16.0. The van der Waals surface area contributed by atoms with Gasteiger partial charge in [-0.05, 0) is 51.0 Å². The first kappa shape index (κ1) is 21.1. The molecule has 0 unspecified atom stereocenters. The molecule has 1 aromatic carbocycles. The lowest BCUT2D eigenvalue weighted by Gasteiger charge is -2.18. The maximum Gasteiger partial charge on any atom is 0.287 e. The maximum absolute atomic E-state index is 12.2. The van der Waals surface area contributed by atoms with Gasteiger partial charge in [0.15, 0.2) is 5.76 Å². The second kappa shape index (κ2) is 8.69. The van der Waals surface area contributed by atoms with Gasteiger partial charge in [-0.15, -0.1) is 0 Å². The van der Waals surface area contributed by atoms with E-state index in [0.717, 1.165) is 11.1 Å². The van der Waals surface area contributed by atoms with Crippen LogP contribution in [0.2, 0.25) is 0 Å². The highest BCUT2D eigenvalue weighted by Gasteiger charge is 2.26. The lowest BCUT2D eigenvalue weighted by molar-refractivity contribution is 0.0917. The van der Waals surface area contributed by atoms with Crippen LogP contribution in [-0.4, -0.2) is 26.5 Å². The fourth-order valence-corrected chi connectivity index (χ4v) is 3.64. The summed E-state index contributed by atoms with van der Waals surface area (Å²) < 4.78 is 37.5. The highest BCUT2D eigenvalue weighted by Crippen LogP contribution is 2.16. The molecule has 2 N–H and O–H groups in total. The molecule has 1 heterocycles. The molecule has 2 aromatic rings. The molecule has 0 radical (unpaired) electrons. The van der Waals surface area contributed by atoms with E-state index in [2.05, 4.69) is 10.0 Å². The number of hydrogen-bond acceptors (Lipinski definition) is 5. The Hall–Kier alpha value is -2.16. The number of benzene rings is 1. The molecule has 148 valence electrons. The second-order valence-electron chi connectivity index (χ2n) is 7.11. The Bertz CT molecular complexity index is 864. The van der Waals surface area contributed by atoms with Crippen molar-refractivity contribution in [3.05, 3.63) is 53.3 Å². The quantitative estimate of drug-likeness (QED) is 0.717. The van der Waals surface area contributed by atoms with Gasteiger partial charge in [0.25, 0.3) is 15.9 Å². The molecule has 8 heteroatoms. The molecule has 0 aliphatic rings. The molecule has 0 fully saturated rings. The van der Waals surface area contributed by atoms with Crippen LogP contribution in [0.1, 0.15) is 49.4 Å². The first-order valence-corrected chi connectivity index (χ1v) is 10.2. The van der Waals surface area contributed by atoms with Crippen LogP contribution in [0.5, 0.6) is 0 Å². The van der Waals surface area contributed by atoms with Crippen LogP contribution in [0.15, 0.2) is 45.9 Å². The highest BCUT2D eigenvalue weighted by molar-refractivity contribution is 7.89. The molecule has 1 amide bonds. The fraction of sp³-hybridized carbons (Fsp3) is 0.421. The summed E-state index contributed by atoms with van der Waals surface area (Å²) in [5.74, 6) is -0.539. The van der Waals surface area contributed by atoms with E-state index in [1.54, 1.807) is 20.8 Å². The summed E-state index contributed by atoms with van der Waals surface area (Å²) in [5, 5.41) is 2.42. The van der Waals surface area contributed by atoms with Gasteiger partial charge < -0.3 is 14.5 Å². The number of amides is 1. The normalized spacial score (nSPS) is 12.1. The number of nitrogens with one attached hydrogen (secondary N) is 2. The van der Waals surface area contributed by atoms with Crippen molar-refractivity contribution in [2.45, 2.75) is 51.5 Å². The minimum atomic E-state index is -3.82. The zero-order chi connectivity index (χ0) is 20.1. The third kappa shape index (κ3) is 6.50. The average molecular weight is 394 g/mol. The third-order valence-electron chi connectivity index (χ3n) is 3.46. The molecule has 27 heavy (non-hydrogen) atoms. The summed E-state index contributed by atoms with van der Waals surface area (Å²) in [6.45, 7) is 8.62. The van der Waals surface area contributed by atoms with Gasteiger partial charge in [0.2, 0.25) is 5.09 Å². The van der Waals surface area contributed by atoms with Crippen LogP contribution >= 0.6 is 0 Å². The fourth-order valence-electron chi connectivity index (χ4n) is 2.28. The van der Waals surface area contributed by atoms with Crippen LogP contribution < -0.4 is 10.0 Å². The number of hydrogen-bond donors (Lipinski definition) is 2. The van der Waals surface area contributed by atoms with Crippen LogP contribution in [0, 0.1) is 0 Å². The Balaban J connectivity index is 1.96. The maximum atomic E-state index is 12.2. The molecule has 2 rings (SSSR count). The summed E-state index contributed by atoms with van der Waals surface area (Å²) in [6.07, 6.45) is 0. The van der Waals surface area contributed by atoms with Gasteiger partial charge >= 0.3 is 0 Å². The van der Waals surface area contributed by atoms with Crippen molar-refractivity contribution in [1.82, 2.24) is 10.0 Å². The van der Waals surface area contributed by atoms with Crippen molar-refractivity contribution < 1.29 is 22.4 Å². The number of carbonyl (C=O) groups is 1. The summed E-state index contributed by atoms with van der Waals surface area (Å²) in [6, 6.07) is 10.3. The third-order valence-corrected chi connectivity index (χ3v) is 5.09. The first-order chi connectivity index (χ1) is 12.6. The summed E-state index contributed by atoms with van der Waals surface area (Å²) in [7, 11) is -3.82. The van der Waals surface area contributed by atoms with E-state index < -0.39 is 21.5 Å². The number of furan rings is 1. The first-order valence-electron chi connectivity index (χ1n) is 8.68. The summed E-state index contributed by atoms with van der Waals surface area (Å²) in [5.41, 5.74) is 1.32. The van der Waals surface area contributed by atoms with E-state index in [1.165, 1.54) is 12.1 Å². The van der Waals surface area contributed by atoms with Crippen molar-refractivity contribution in [1.29, 1.82) is 0 Å². The van der Waals surface area contributed by atoms with E-state index in [-0.39, 0.29) is 10.9 Å². The van der Waals surface area contributed by atoms with Crippen molar-refractivity contribution >= 4 is 15.9 Å². The van der Waals surface area contributed by atoms with Gasteiger partial charge in [0.1, 0.15) is 0 Å². The Morgan fingerprint density at radius 3 is 2.30 bits per heavy atom. The monoisotopic (exact) mass is 394 g/mol. The topological polar surface area (TPSA) is 97.6 Å². The number of sulfonamides is 1. The molecule has 0 saturated carbocycles. The second-order valence-corrected chi connectivity index (χ2v) is 8.72. The van der Waals surface area contributed by atoms with E-state index >= 15 is 0 Å². The Kier molecular flexibility index (Phi) is 6.80. The minimum Gasteiger partial charge on any atom is -0.438 e. The van der Waals surface area contributed by atoms with E-state index in [4.69, 9.17) is 9.15 Å². The van der Waals surface area contributed by atoms with Gasteiger partial charge in [-0.1, -0.05) is 24.3 Å². The number of carbonyl (C=O) groups excluding carboxylic acids is 1. The van der Waals surface area contributed by atoms with Gasteiger partial charge in [0.05, 0.1) is 6.61 Å². The molecule has 0 atom stereocenters. The molecular weight excluding hydrogens is 368 g/mol. The molecular formula is C19H26N2O5S. The largest absolute Gasteiger partial charge is 0.438 e. The Morgan fingerprint density at radius 2 is 1.70 bits per heavy atom. The van der Waals surface area contributed by atoms with Crippen molar-refractivity contribution in [2.24, 2.45) is 0 Å². The Morgan fingerprint density at radius 1 is 1.07 bits per heavy atom. The predicted molar refractivity (Wildman–Crippen MR) is 102 cm³/mol. The number of rotatable bonds is 8. The minimum absolute atomic E-state index is 0.0581. The lowest BCUT2D eigenvalue weighted by Crippen LogP contribution is -2.40. The molecule has 0 saturated heterocycles. The molecule has 0 spiro atoms. The van der Waals surface area contributed by atoms with E-state index in [1.807, 2.05) is 31.2 Å². The lowest BCUT2D eigenvalue weighted by atomic mass is 10.1. The van der Waals surface area contributed by atoms with E-state index in [0.29, 0.717) is 19.8 Å². The smallest absolute Gasteiger partial charge is 0.287 e. The SMILES string of the molecule is CCOCc1ccc(CNC(=O)c2ccc(S(=O)(=O)NC(C)(C)C)o2)cc1. The van der Waals surface area contributed by atoms with Gasteiger partial charge in [0, 0.05) is 18.7 Å². The number of ether oxygens (including phenoxy) is 1. The molecule has 0 aliphatic heterocycles. The van der Waals surface area contributed by atoms with Crippen molar-refractivity contribution in [3.8, 4) is 0 Å². The molecule has 0 aliphatic carbocycles. The van der Waals surface area contributed by atoms with Gasteiger partial charge in [-0.25, -0.2) is 13.1 Å². The standard InChI is InChI=1S/C19H26N2O5S/c1-5-25-13-15-8-6-14(7-9-15)12-20-18(22)16-10-11-17(26-16)27(23,24)21-19(2,3)4/h6-11,21H,5,12-13H2,1-4H3,(H,20,22). The van der Waals surface area contributed by atoms with Crippen LogP contribution in [-0.2, 0) is 27.9 Å². The van der Waals surface area contributed by atoms with E-state index in [9.17, 15) is 13.2 Å². The average Bonchev–Trinajstić information content (AvgIpc) is 3.08. The van der Waals surface area contributed by atoms with Crippen LogP contribution in [0.4, 0.5) is 0 Å². The van der Waals surface area contributed by atoms with Crippen LogP contribution in [0.3, 0.4) is 0 Å². The molecule has 1 aromatic heterocycles. The highest BCUT2D eigenvalue weighted by atomic mass is 32.2. The zero-order valence-corrected chi connectivity index (χ0v) is 16.9. The van der Waals surface area contributed by atoms with Gasteiger partial charge in [-0.3, -0.25) is 4.79 Å². The summed E-state index contributed by atoms with van der Waals surface area (Å²) >= 11 is 0. The summed E-state index contributed by atoms with van der Waals surface area (Å²) in [4.78, 5) is 12.2. The van der Waals surface area contributed by atoms with Crippen LogP contribution in [0.25, 0.3) is 0 Å². The van der Waals surface area contributed by atoms with Crippen molar-refractivity contribution in [2.75, 3.05) is 6.61 Å². The Labute approximate surface area is 160 Å². The molecule has 7 nitrogen and oxygen atoms in total.